The van der Waals surface area contributed by atoms with E-state index in [0.29, 0.717) is 12.4 Å². The highest BCUT2D eigenvalue weighted by Gasteiger charge is 2.08. The van der Waals surface area contributed by atoms with Gasteiger partial charge in [-0.25, -0.2) is 4.68 Å². The average Bonchev–Trinajstić information content (AvgIpc) is 2.87. The highest BCUT2D eigenvalue weighted by Crippen LogP contribution is 2.16. The molecule has 0 atom stereocenters. The minimum absolute atomic E-state index is 0.150. The first-order valence-electron chi connectivity index (χ1n) is 4.38. The maximum Gasteiger partial charge on any atom is 0.270 e. The Hall–Kier alpha value is -1.96. The number of amides is 1. The van der Waals surface area contributed by atoms with Gasteiger partial charge in [0.2, 0.25) is 5.88 Å². The first-order chi connectivity index (χ1) is 7.69. The van der Waals surface area contributed by atoms with Crippen LogP contribution < -0.4 is 10.5 Å². The monoisotopic (exact) mass is 239 g/mol. The van der Waals surface area contributed by atoms with E-state index in [4.69, 9.17) is 10.5 Å². The number of rotatable bonds is 4. The third kappa shape index (κ3) is 2.16. The van der Waals surface area contributed by atoms with Crippen LogP contribution in [0.4, 0.5) is 0 Å². The van der Waals surface area contributed by atoms with Gasteiger partial charge in [-0.05, 0) is 11.5 Å². The van der Waals surface area contributed by atoms with Crippen LogP contribution in [0, 0.1) is 0 Å². The molecule has 0 bridgehead atoms. The summed E-state index contributed by atoms with van der Waals surface area (Å²) < 4.78 is 10.5. The number of hydrogen-bond donors (Lipinski definition) is 1. The smallest absolute Gasteiger partial charge is 0.270 e. The van der Waals surface area contributed by atoms with E-state index in [-0.39, 0.29) is 5.69 Å². The fraction of sp³-hybridized carbons (Fsp3) is 0.250. The fourth-order valence-corrected chi connectivity index (χ4v) is 1.79. The van der Waals surface area contributed by atoms with E-state index < -0.39 is 5.91 Å². The van der Waals surface area contributed by atoms with Crippen molar-refractivity contribution in [3.63, 3.8) is 0 Å². The standard InChI is InChI=1S/C8H9N5O2S/c1-15-7-2-5(16-11-7)3-13-4-6(8(9)14)10-12-13/h2,4H,3H2,1H3,(H2,9,14). The van der Waals surface area contributed by atoms with Crippen molar-refractivity contribution in [3.05, 3.63) is 22.8 Å². The Bertz CT molecular complexity index is 506. The van der Waals surface area contributed by atoms with Crippen LogP contribution >= 0.6 is 11.5 Å². The van der Waals surface area contributed by atoms with Crippen LogP contribution in [0.1, 0.15) is 15.4 Å². The maximum atomic E-state index is 10.8. The summed E-state index contributed by atoms with van der Waals surface area (Å²) in [6.45, 7) is 0.487. The topological polar surface area (TPSA) is 95.9 Å². The molecule has 0 fully saturated rings. The number of aromatic nitrogens is 4. The minimum atomic E-state index is -0.590. The number of primary amides is 1. The lowest BCUT2D eigenvalue weighted by molar-refractivity contribution is 0.0995. The molecule has 0 aliphatic rings. The van der Waals surface area contributed by atoms with Crippen molar-refractivity contribution >= 4 is 17.4 Å². The summed E-state index contributed by atoms with van der Waals surface area (Å²) in [6, 6.07) is 1.80. The van der Waals surface area contributed by atoms with Gasteiger partial charge in [-0.3, -0.25) is 4.79 Å². The van der Waals surface area contributed by atoms with Gasteiger partial charge in [0.1, 0.15) is 0 Å². The van der Waals surface area contributed by atoms with E-state index in [2.05, 4.69) is 14.7 Å². The van der Waals surface area contributed by atoms with Crippen molar-refractivity contribution in [2.24, 2.45) is 5.73 Å². The molecule has 0 unspecified atom stereocenters. The molecule has 0 aliphatic heterocycles. The van der Waals surface area contributed by atoms with Gasteiger partial charge in [0, 0.05) is 6.07 Å². The number of carbonyl (C=O) groups excluding carboxylic acids is 1. The van der Waals surface area contributed by atoms with Crippen LogP contribution in [0.15, 0.2) is 12.3 Å². The van der Waals surface area contributed by atoms with Gasteiger partial charge in [-0.15, -0.1) is 5.10 Å². The molecule has 0 saturated heterocycles. The van der Waals surface area contributed by atoms with Crippen molar-refractivity contribution in [2.45, 2.75) is 6.54 Å². The van der Waals surface area contributed by atoms with Crippen LogP contribution in [-0.2, 0) is 6.54 Å². The van der Waals surface area contributed by atoms with E-state index in [1.54, 1.807) is 13.2 Å². The Morgan fingerprint density at radius 2 is 2.50 bits per heavy atom. The highest BCUT2D eigenvalue weighted by molar-refractivity contribution is 7.05. The molecule has 2 rings (SSSR count). The molecule has 1 amide bonds. The molecule has 0 radical (unpaired) electrons. The molecular formula is C8H9N5O2S. The van der Waals surface area contributed by atoms with Gasteiger partial charge in [0.25, 0.3) is 5.91 Å². The summed E-state index contributed by atoms with van der Waals surface area (Å²) >= 11 is 1.31. The third-order valence-corrected chi connectivity index (χ3v) is 2.61. The normalized spacial score (nSPS) is 10.3. The minimum Gasteiger partial charge on any atom is -0.480 e. The van der Waals surface area contributed by atoms with E-state index in [9.17, 15) is 4.79 Å². The van der Waals surface area contributed by atoms with E-state index in [1.807, 2.05) is 0 Å². The van der Waals surface area contributed by atoms with Crippen molar-refractivity contribution in [1.82, 2.24) is 19.4 Å². The SMILES string of the molecule is COc1cc(Cn2cc(C(N)=O)nn2)sn1. The highest BCUT2D eigenvalue weighted by atomic mass is 32.1. The fourth-order valence-electron chi connectivity index (χ4n) is 1.11. The van der Waals surface area contributed by atoms with Gasteiger partial charge in [-0.2, -0.15) is 4.37 Å². The predicted octanol–water partition coefficient (Wildman–Crippen LogP) is -0.110. The molecular weight excluding hydrogens is 230 g/mol. The molecule has 2 heterocycles. The van der Waals surface area contributed by atoms with Crippen LogP contribution in [0.25, 0.3) is 0 Å². The Balaban J connectivity index is 2.11. The second-order valence-corrected chi connectivity index (χ2v) is 3.89. The van der Waals surface area contributed by atoms with Crippen molar-refractivity contribution in [3.8, 4) is 5.88 Å². The van der Waals surface area contributed by atoms with E-state index in [1.165, 1.54) is 22.4 Å². The number of carbonyl (C=O) groups is 1. The molecule has 84 valence electrons. The van der Waals surface area contributed by atoms with E-state index >= 15 is 0 Å². The summed E-state index contributed by atoms with van der Waals surface area (Å²) in [4.78, 5) is 11.8. The number of hydrogen-bond acceptors (Lipinski definition) is 6. The molecule has 0 spiro atoms. The molecule has 2 aromatic rings. The number of methoxy groups -OCH3 is 1. The number of nitrogens with two attached hydrogens (primary N) is 1. The van der Waals surface area contributed by atoms with Crippen LogP contribution in [0.5, 0.6) is 5.88 Å². The zero-order valence-electron chi connectivity index (χ0n) is 8.45. The van der Waals surface area contributed by atoms with Crippen LogP contribution in [0.2, 0.25) is 0 Å². The van der Waals surface area contributed by atoms with Crippen LogP contribution in [-0.4, -0.2) is 32.4 Å². The molecule has 2 N–H and O–H groups in total. The zero-order valence-corrected chi connectivity index (χ0v) is 9.27. The summed E-state index contributed by atoms with van der Waals surface area (Å²) in [5.74, 6) is -0.0247. The Kier molecular flexibility index (Phi) is 2.82. The lowest BCUT2D eigenvalue weighted by Crippen LogP contribution is -2.11. The Labute approximate surface area is 95.0 Å². The molecule has 8 heteroatoms. The van der Waals surface area contributed by atoms with Crippen LogP contribution in [0.3, 0.4) is 0 Å². The summed E-state index contributed by atoms with van der Waals surface area (Å²) in [5.41, 5.74) is 5.21. The quantitative estimate of drug-likeness (QED) is 0.803. The lowest BCUT2D eigenvalue weighted by atomic mass is 10.4. The lowest BCUT2D eigenvalue weighted by Gasteiger charge is -1.93. The molecule has 0 saturated carbocycles. The van der Waals surface area contributed by atoms with Gasteiger partial charge in [0.15, 0.2) is 5.69 Å². The Morgan fingerprint density at radius 1 is 1.69 bits per heavy atom. The van der Waals surface area contributed by atoms with Gasteiger partial charge in [0.05, 0.1) is 24.7 Å². The third-order valence-electron chi connectivity index (χ3n) is 1.86. The zero-order chi connectivity index (χ0) is 11.5. The molecule has 16 heavy (non-hydrogen) atoms. The molecule has 0 aromatic carbocycles. The van der Waals surface area contributed by atoms with E-state index in [0.717, 1.165) is 4.88 Å². The molecule has 7 nitrogen and oxygen atoms in total. The second-order valence-electron chi connectivity index (χ2n) is 3.00. The Morgan fingerprint density at radius 3 is 3.06 bits per heavy atom. The van der Waals surface area contributed by atoms with Gasteiger partial charge in [-0.1, -0.05) is 5.21 Å². The maximum absolute atomic E-state index is 10.8. The van der Waals surface area contributed by atoms with Crippen molar-refractivity contribution in [2.75, 3.05) is 7.11 Å². The van der Waals surface area contributed by atoms with Gasteiger partial charge < -0.3 is 10.5 Å². The second kappa shape index (κ2) is 4.27. The number of ether oxygens (including phenoxy) is 1. The van der Waals surface area contributed by atoms with Gasteiger partial charge >= 0.3 is 0 Å². The first-order valence-corrected chi connectivity index (χ1v) is 5.16. The summed E-state index contributed by atoms with van der Waals surface area (Å²) in [7, 11) is 1.56. The molecule has 0 aliphatic carbocycles. The summed E-state index contributed by atoms with van der Waals surface area (Å²) in [6.07, 6.45) is 1.49. The summed E-state index contributed by atoms with van der Waals surface area (Å²) in [5, 5.41) is 7.40. The largest absolute Gasteiger partial charge is 0.480 e. The average molecular weight is 239 g/mol. The van der Waals surface area contributed by atoms with Crippen molar-refractivity contribution in [1.29, 1.82) is 0 Å². The predicted molar refractivity (Wildman–Crippen MR) is 56.3 cm³/mol. The van der Waals surface area contributed by atoms with Crippen molar-refractivity contribution < 1.29 is 9.53 Å². The first kappa shape index (κ1) is 10.6. The number of nitrogens with zero attached hydrogens (tertiary/aromatic N) is 4. The molecule has 2 aromatic heterocycles.